The van der Waals surface area contributed by atoms with Crippen molar-refractivity contribution < 1.29 is 9.68 Å². The van der Waals surface area contributed by atoms with Crippen LogP contribution in [-0.2, 0) is 6.40 Å². The molecule has 1 heteroatoms. The maximum Gasteiger partial charge on any atom is 0.119 e. The number of hydrogen-bond donors (Lipinski definition) is 1. The molecule has 2 atom stereocenters. The number of hydrogen-bond acceptors (Lipinski definition) is 1. The predicted octanol–water partition coefficient (Wildman–Crippen LogP) is 1.58. The van der Waals surface area contributed by atoms with E-state index in [1.807, 2.05) is 0 Å². The molecule has 1 aromatic rings. The van der Waals surface area contributed by atoms with Crippen molar-refractivity contribution in [2.24, 2.45) is 5.72 Å². The summed E-state index contributed by atoms with van der Waals surface area (Å²) in [6, 6.07) is 5.35. The molecule has 0 aliphatic carbocycles. The Balaban J connectivity index is 3.18. The first-order chi connectivity index (χ1) is 7.71. The van der Waals surface area contributed by atoms with Crippen LogP contribution in [0.25, 0.3) is 0 Å². The molecule has 0 bridgehead atoms. The summed E-state index contributed by atoms with van der Waals surface area (Å²) in [5, 5.41) is 0. The van der Waals surface area contributed by atoms with Crippen molar-refractivity contribution in [1.82, 2.24) is 0 Å². The molecule has 0 spiro atoms. The van der Waals surface area contributed by atoms with Crippen LogP contribution in [0.2, 0.25) is 2.82 Å². The van der Waals surface area contributed by atoms with E-state index in [0.29, 0.717) is 5.56 Å². The molecule has 0 radical (unpaired) electrons. The highest BCUT2D eigenvalue weighted by molar-refractivity contribution is 5.15. The van der Waals surface area contributed by atoms with E-state index in [1.165, 1.54) is 12.1 Å². The standard InChI is InChI=1S/C9H13N/c1-8(10)7-9-5-3-2-4-6-9/h2-6,8H,7,10H2,1H3/i1D3,7D,8D/hD2. The van der Waals surface area contributed by atoms with Crippen LogP contribution >= 0.6 is 0 Å². The van der Waals surface area contributed by atoms with E-state index in [9.17, 15) is 0 Å². The fourth-order valence-corrected chi connectivity index (χ4v) is 0.707. The summed E-state index contributed by atoms with van der Waals surface area (Å²) in [6.07, 6.45) is -1.52. The van der Waals surface area contributed by atoms with Crippen LogP contribution in [0.3, 0.4) is 0 Å². The first-order valence-electron chi connectivity index (χ1n) is 6.43. The molecule has 0 saturated heterocycles. The van der Waals surface area contributed by atoms with Gasteiger partial charge in [0.25, 0.3) is 0 Å². The molecule has 1 rings (SSSR count). The first kappa shape index (κ1) is 2.35. The SMILES string of the molecule is [2H]C(c1ccccc1)C([2H])(N([2H])[2H])C([2H])([2H])[2H]. The van der Waals surface area contributed by atoms with Crippen molar-refractivity contribution in [1.29, 1.82) is 0 Å². The maximum absolute atomic E-state index is 7.82. The largest absolute Gasteiger partial charge is 0.328 e. The zero-order chi connectivity index (χ0) is 13.3. The second-order valence-electron chi connectivity index (χ2n) is 1.94. The van der Waals surface area contributed by atoms with Gasteiger partial charge < -0.3 is 5.72 Å². The summed E-state index contributed by atoms with van der Waals surface area (Å²) >= 11 is 0. The molecule has 0 amide bonds. The normalized spacial score (nSPS) is 31.1. The quantitative estimate of drug-likeness (QED) is 0.681. The van der Waals surface area contributed by atoms with Crippen LogP contribution < -0.4 is 5.72 Å². The van der Waals surface area contributed by atoms with E-state index in [-0.39, 0.29) is 5.72 Å². The van der Waals surface area contributed by atoms with Crippen LogP contribution in [0, 0.1) is 0 Å². The summed E-state index contributed by atoms with van der Waals surface area (Å²) in [4.78, 5) is 0. The molecular weight excluding hydrogens is 122 g/mol. The number of nitrogens with two attached hydrogens (primary N) is 1. The van der Waals surface area contributed by atoms with Crippen LogP contribution in [0.1, 0.15) is 19.3 Å². The zero-order valence-corrected chi connectivity index (χ0v) is 5.41. The number of rotatable bonds is 3. The van der Waals surface area contributed by atoms with Gasteiger partial charge >= 0.3 is 0 Å². The van der Waals surface area contributed by atoms with E-state index in [1.54, 1.807) is 18.2 Å². The molecule has 0 aromatic heterocycles. The van der Waals surface area contributed by atoms with E-state index < -0.39 is 19.3 Å². The minimum absolute atomic E-state index is 0.218. The van der Waals surface area contributed by atoms with E-state index in [2.05, 4.69) is 0 Å². The molecule has 0 heterocycles. The predicted molar refractivity (Wildman–Crippen MR) is 43.8 cm³/mol. The molecule has 0 saturated carbocycles. The third-order valence-electron chi connectivity index (χ3n) is 1.10. The van der Waals surface area contributed by atoms with Crippen LogP contribution in [-0.4, -0.2) is 6.02 Å². The second-order valence-corrected chi connectivity index (χ2v) is 1.94. The fraction of sp³-hybridized carbons (Fsp3) is 0.333. The lowest BCUT2D eigenvalue weighted by atomic mass is 10.1. The highest BCUT2D eigenvalue weighted by Gasteiger charge is 1.94. The second kappa shape index (κ2) is 3.37. The summed E-state index contributed by atoms with van der Waals surface area (Å²) in [5.41, 5.74) is 0.0770. The lowest BCUT2D eigenvalue weighted by Crippen LogP contribution is -2.17. The average Bonchev–Trinajstić information content (AvgIpc) is 2.26. The van der Waals surface area contributed by atoms with Gasteiger partial charge in [0.15, 0.2) is 0 Å². The Morgan fingerprint density at radius 3 is 3.20 bits per heavy atom. The van der Waals surface area contributed by atoms with Gasteiger partial charge in [0.2, 0.25) is 0 Å². The Morgan fingerprint density at radius 1 is 1.80 bits per heavy atom. The Kier molecular flexibility index (Phi) is 0.792. The van der Waals surface area contributed by atoms with Crippen LogP contribution in [0.15, 0.2) is 30.3 Å². The van der Waals surface area contributed by atoms with Gasteiger partial charge in [-0.1, -0.05) is 30.3 Å². The smallest absolute Gasteiger partial charge is 0.119 e. The van der Waals surface area contributed by atoms with Gasteiger partial charge in [0.1, 0.15) is 2.82 Å². The van der Waals surface area contributed by atoms with Crippen molar-refractivity contribution >= 4 is 0 Å². The summed E-state index contributed by atoms with van der Waals surface area (Å²) in [5.74, 6) is 0. The fourth-order valence-electron chi connectivity index (χ4n) is 0.707. The molecule has 10 heavy (non-hydrogen) atoms. The highest BCUT2D eigenvalue weighted by Crippen LogP contribution is 2.00. The van der Waals surface area contributed by atoms with E-state index in [0.717, 1.165) is 0 Å². The first-order valence-corrected chi connectivity index (χ1v) is 2.96. The number of benzene rings is 1. The van der Waals surface area contributed by atoms with Gasteiger partial charge in [-0.05, 0) is 18.8 Å². The van der Waals surface area contributed by atoms with Gasteiger partial charge in [-0.2, -0.15) is 0 Å². The average molecular weight is 142 g/mol. The minimum atomic E-state index is -2.92. The van der Waals surface area contributed by atoms with Gasteiger partial charge in [-0.3, -0.25) is 0 Å². The van der Waals surface area contributed by atoms with Gasteiger partial charge in [0, 0.05) is 12.9 Å². The lowest BCUT2D eigenvalue weighted by Gasteiger charge is -2.02. The van der Waals surface area contributed by atoms with Crippen LogP contribution in [0.4, 0.5) is 0 Å². The molecule has 0 aliphatic heterocycles. The Morgan fingerprint density at radius 2 is 2.60 bits per heavy atom. The summed E-state index contributed by atoms with van der Waals surface area (Å²) in [6.45, 7) is -2.92. The lowest BCUT2D eigenvalue weighted by molar-refractivity contribution is 0.738. The third-order valence-corrected chi connectivity index (χ3v) is 1.10. The minimum Gasteiger partial charge on any atom is -0.328 e. The highest BCUT2D eigenvalue weighted by atomic mass is 14.6. The Labute approximate surface area is 71.8 Å². The van der Waals surface area contributed by atoms with Gasteiger partial charge in [0.05, 0.1) is 0 Å². The Bertz CT molecular complexity index is 363. The van der Waals surface area contributed by atoms with Crippen molar-refractivity contribution in [2.45, 2.75) is 19.3 Å². The van der Waals surface area contributed by atoms with Crippen molar-refractivity contribution in [2.75, 3.05) is 0 Å². The summed E-state index contributed by atoms with van der Waals surface area (Å²) < 4.78 is 51.5. The van der Waals surface area contributed by atoms with Gasteiger partial charge in [-0.15, -0.1) is 0 Å². The van der Waals surface area contributed by atoms with Crippen molar-refractivity contribution in [3.63, 3.8) is 0 Å². The maximum atomic E-state index is 7.82. The van der Waals surface area contributed by atoms with Gasteiger partial charge in [-0.25, -0.2) is 0 Å². The summed E-state index contributed by atoms with van der Waals surface area (Å²) in [7, 11) is 0. The monoisotopic (exact) mass is 142 g/mol. The molecular formula is C9H13N. The molecule has 0 aliphatic rings. The van der Waals surface area contributed by atoms with E-state index >= 15 is 0 Å². The molecule has 1 nitrogen and oxygen atoms in total. The molecule has 2 N–H and O–H groups in total. The molecule has 54 valence electrons. The molecule has 0 fully saturated rings. The topological polar surface area (TPSA) is 26.0 Å². The van der Waals surface area contributed by atoms with Crippen LogP contribution in [0.5, 0.6) is 0 Å². The Hall–Kier alpha value is -0.820. The molecule has 1 aromatic carbocycles. The zero-order valence-electron chi connectivity index (χ0n) is 12.4. The third kappa shape index (κ3) is 2.19. The van der Waals surface area contributed by atoms with E-state index in [4.69, 9.17) is 9.68 Å². The van der Waals surface area contributed by atoms with Crippen molar-refractivity contribution in [3.8, 4) is 0 Å². The van der Waals surface area contributed by atoms with Crippen molar-refractivity contribution in [3.05, 3.63) is 35.9 Å². The molecule has 2 unspecified atom stereocenters.